The minimum atomic E-state index is -0.359. The van der Waals surface area contributed by atoms with Crippen LogP contribution < -0.4 is 0 Å². The quantitative estimate of drug-likeness (QED) is 0.787. The van der Waals surface area contributed by atoms with Gasteiger partial charge in [-0.25, -0.2) is 4.98 Å². The van der Waals surface area contributed by atoms with Gasteiger partial charge >= 0.3 is 0 Å². The van der Waals surface area contributed by atoms with Crippen LogP contribution in [-0.4, -0.2) is 10.1 Å². The second-order valence-corrected chi connectivity index (χ2v) is 3.98. The third-order valence-corrected chi connectivity index (χ3v) is 2.55. The van der Waals surface area contributed by atoms with Gasteiger partial charge in [-0.05, 0) is 46.8 Å². The Labute approximate surface area is 79.8 Å². The average molecular weight is 228 g/mol. The Morgan fingerprint density at radius 1 is 1.50 bits per heavy atom. The van der Waals surface area contributed by atoms with E-state index in [9.17, 15) is 5.11 Å². The summed E-state index contributed by atoms with van der Waals surface area (Å²) in [6.07, 6.45) is 1.91. The molecule has 3 heteroatoms. The number of rotatable bonds is 2. The van der Waals surface area contributed by atoms with Gasteiger partial charge in [0, 0.05) is 0 Å². The lowest BCUT2D eigenvalue weighted by molar-refractivity contribution is 0.149. The SMILES string of the molecule is OC(c1cccc(Br)n1)C1CC1. The Hall–Kier alpha value is -0.410. The van der Waals surface area contributed by atoms with Gasteiger partial charge in [-0.2, -0.15) is 0 Å². The van der Waals surface area contributed by atoms with Gasteiger partial charge in [-0.1, -0.05) is 6.07 Å². The van der Waals surface area contributed by atoms with Crippen molar-refractivity contribution in [2.24, 2.45) is 5.92 Å². The van der Waals surface area contributed by atoms with Crippen LogP contribution in [0.4, 0.5) is 0 Å². The van der Waals surface area contributed by atoms with Gasteiger partial charge in [0.05, 0.1) is 11.8 Å². The van der Waals surface area contributed by atoms with Crippen LogP contribution in [0.2, 0.25) is 0 Å². The maximum absolute atomic E-state index is 9.70. The predicted octanol–water partition coefficient (Wildman–Crippen LogP) is 2.29. The van der Waals surface area contributed by atoms with Gasteiger partial charge in [0.2, 0.25) is 0 Å². The van der Waals surface area contributed by atoms with Crippen molar-refractivity contribution in [2.45, 2.75) is 18.9 Å². The summed E-state index contributed by atoms with van der Waals surface area (Å²) in [6.45, 7) is 0. The van der Waals surface area contributed by atoms with Crippen LogP contribution in [0.15, 0.2) is 22.8 Å². The summed E-state index contributed by atoms with van der Waals surface area (Å²) >= 11 is 3.28. The minimum Gasteiger partial charge on any atom is -0.387 e. The van der Waals surface area contributed by atoms with Crippen molar-refractivity contribution in [3.8, 4) is 0 Å². The number of pyridine rings is 1. The lowest BCUT2D eigenvalue weighted by atomic mass is 10.1. The molecule has 2 rings (SSSR count). The van der Waals surface area contributed by atoms with Crippen LogP contribution >= 0.6 is 15.9 Å². The summed E-state index contributed by atoms with van der Waals surface area (Å²) in [4.78, 5) is 4.20. The van der Waals surface area contributed by atoms with Crippen molar-refractivity contribution in [1.29, 1.82) is 0 Å². The van der Waals surface area contributed by atoms with Crippen LogP contribution in [0.1, 0.15) is 24.6 Å². The molecule has 0 bridgehead atoms. The molecule has 1 aromatic heterocycles. The van der Waals surface area contributed by atoms with Crippen molar-refractivity contribution < 1.29 is 5.11 Å². The highest BCUT2D eigenvalue weighted by Gasteiger charge is 2.31. The molecular weight excluding hydrogens is 218 g/mol. The van der Waals surface area contributed by atoms with Crippen molar-refractivity contribution >= 4 is 15.9 Å². The van der Waals surface area contributed by atoms with Gasteiger partial charge in [0.1, 0.15) is 4.60 Å². The highest BCUT2D eigenvalue weighted by molar-refractivity contribution is 9.10. The molecule has 1 N–H and O–H groups in total. The second-order valence-electron chi connectivity index (χ2n) is 3.17. The molecule has 1 aromatic rings. The van der Waals surface area contributed by atoms with E-state index in [1.54, 1.807) is 0 Å². The van der Waals surface area contributed by atoms with Crippen molar-refractivity contribution in [1.82, 2.24) is 4.98 Å². The van der Waals surface area contributed by atoms with E-state index in [2.05, 4.69) is 20.9 Å². The van der Waals surface area contributed by atoms with Gasteiger partial charge in [0.15, 0.2) is 0 Å². The summed E-state index contributed by atoms with van der Waals surface area (Å²) in [7, 11) is 0. The minimum absolute atomic E-state index is 0.359. The van der Waals surface area contributed by atoms with Gasteiger partial charge in [-0.3, -0.25) is 0 Å². The zero-order valence-corrected chi connectivity index (χ0v) is 8.16. The summed E-state index contributed by atoms with van der Waals surface area (Å²) < 4.78 is 0.791. The molecule has 1 aliphatic rings. The average Bonchev–Trinajstić information content (AvgIpc) is 2.85. The first kappa shape index (κ1) is 8.20. The van der Waals surface area contributed by atoms with E-state index in [0.717, 1.165) is 23.1 Å². The molecule has 0 spiro atoms. The molecule has 64 valence electrons. The van der Waals surface area contributed by atoms with Gasteiger partial charge in [0.25, 0.3) is 0 Å². The Bertz CT molecular complexity index is 286. The molecule has 0 saturated heterocycles. The van der Waals surface area contributed by atoms with E-state index in [-0.39, 0.29) is 6.10 Å². The number of hydrogen-bond donors (Lipinski definition) is 1. The Kier molecular flexibility index (Phi) is 2.15. The molecule has 0 aromatic carbocycles. The zero-order valence-electron chi connectivity index (χ0n) is 6.57. The predicted molar refractivity (Wildman–Crippen MR) is 49.6 cm³/mol. The van der Waals surface area contributed by atoms with E-state index < -0.39 is 0 Å². The maximum atomic E-state index is 9.70. The fourth-order valence-electron chi connectivity index (χ4n) is 1.24. The highest BCUT2D eigenvalue weighted by Crippen LogP contribution is 2.40. The number of aliphatic hydroxyl groups is 1. The van der Waals surface area contributed by atoms with E-state index in [0.29, 0.717) is 5.92 Å². The van der Waals surface area contributed by atoms with Crippen molar-refractivity contribution in [3.63, 3.8) is 0 Å². The molecule has 12 heavy (non-hydrogen) atoms. The molecule has 0 radical (unpaired) electrons. The third kappa shape index (κ3) is 1.67. The van der Waals surface area contributed by atoms with Crippen molar-refractivity contribution in [2.75, 3.05) is 0 Å². The topological polar surface area (TPSA) is 33.1 Å². The number of aromatic nitrogens is 1. The Morgan fingerprint density at radius 3 is 2.83 bits per heavy atom. The lowest BCUT2D eigenvalue weighted by Gasteiger charge is -2.07. The van der Waals surface area contributed by atoms with Crippen molar-refractivity contribution in [3.05, 3.63) is 28.5 Å². The fourth-order valence-corrected chi connectivity index (χ4v) is 1.60. The fraction of sp³-hybridized carbons (Fsp3) is 0.444. The van der Waals surface area contributed by atoms with E-state index in [1.165, 1.54) is 0 Å². The molecule has 1 fully saturated rings. The number of aliphatic hydroxyl groups excluding tert-OH is 1. The first-order valence-corrected chi connectivity index (χ1v) is 4.87. The molecule has 0 aliphatic heterocycles. The molecular formula is C9H10BrNO. The molecule has 1 atom stereocenters. The summed E-state index contributed by atoms with van der Waals surface area (Å²) in [6, 6.07) is 5.63. The third-order valence-electron chi connectivity index (χ3n) is 2.11. The summed E-state index contributed by atoms with van der Waals surface area (Å²) in [5.74, 6) is 0.451. The standard InChI is InChI=1S/C9H10BrNO/c10-8-3-1-2-7(11-8)9(12)6-4-5-6/h1-3,6,9,12H,4-5H2. The number of hydrogen-bond acceptors (Lipinski definition) is 2. The Morgan fingerprint density at radius 2 is 2.25 bits per heavy atom. The van der Waals surface area contributed by atoms with E-state index >= 15 is 0 Å². The normalized spacial score (nSPS) is 19.2. The first-order valence-electron chi connectivity index (χ1n) is 4.08. The summed E-state index contributed by atoms with van der Waals surface area (Å²) in [5.41, 5.74) is 0.784. The molecule has 1 unspecified atom stereocenters. The molecule has 1 saturated carbocycles. The van der Waals surface area contributed by atoms with Crippen LogP contribution in [0.5, 0.6) is 0 Å². The van der Waals surface area contributed by atoms with E-state index in [1.807, 2.05) is 18.2 Å². The van der Waals surface area contributed by atoms with Crippen LogP contribution in [-0.2, 0) is 0 Å². The highest BCUT2D eigenvalue weighted by atomic mass is 79.9. The lowest BCUT2D eigenvalue weighted by Crippen LogP contribution is -2.01. The smallest absolute Gasteiger partial charge is 0.106 e. The number of halogens is 1. The molecule has 2 nitrogen and oxygen atoms in total. The van der Waals surface area contributed by atoms with Gasteiger partial charge in [-0.15, -0.1) is 0 Å². The number of nitrogens with zero attached hydrogens (tertiary/aromatic N) is 1. The maximum Gasteiger partial charge on any atom is 0.106 e. The zero-order chi connectivity index (χ0) is 8.55. The second kappa shape index (κ2) is 3.15. The van der Waals surface area contributed by atoms with Crippen LogP contribution in [0.3, 0.4) is 0 Å². The largest absolute Gasteiger partial charge is 0.387 e. The first-order chi connectivity index (χ1) is 5.77. The van der Waals surface area contributed by atoms with Crippen LogP contribution in [0.25, 0.3) is 0 Å². The molecule has 1 aliphatic carbocycles. The monoisotopic (exact) mass is 227 g/mol. The van der Waals surface area contributed by atoms with Crippen LogP contribution in [0, 0.1) is 5.92 Å². The van der Waals surface area contributed by atoms with Gasteiger partial charge < -0.3 is 5.11 Å². The molecule has 0 amide bonds. The Balaban J connectivity index is 2.20. The summed E-state index contributed by atoms with van der Waals surface area (Å²) in [5, 5.41) is 9.70. The van der Waals surface area contributed by atoms with E-state index in [4.69, 9.17) is 0 Å². The molecule has 1 heterocycles.